The van der Waals surface area contributed by atoms with Crippen molar-refractivity contribution in [3.63, 3.8) is 0 Å². The number of halogens is 1. The lowest BCUT2D eigenvalue weighted by Gasteiger charge is -2.12. The Morgan fingerprint density at radius 2 is 2.06 bits per heavy atom. The molecule has 0 saturated heterocycles. The van der Waals surface area contributed by atoms with Crippen molar-refractivity contribution in [2.75, 3.05) is 0 Å². The van der Waals surface area contributed by atoms with Crippen LogP contribution in [0.3, 0.4) is 0 Å². The van der Waals surface area contributed by atoms with Crippen LogP contribution in [0.1, 0.15) is 12.5 Å². The maximum absolute atomic E-state index is 12.0. The average Bonchev–Trinajstić information content (AvgIpc) is 2.32. The lowest BCUT2D eigenvalue weighted by Crippen LogP contribution is -2.22. The second kappa shape index (κ2) is 5.08. The van der Waals surface area contributed by atoms with Gasteiger partial charge in [0, 0.05) is 23.8 Å². The van der Waals surface area contributed by atoms with E-state index in [-0.39, 0.29) is 5.56 Å². The quantitative estimate of drug-likeness (QED) is 0.789. The Bertz CT molecular complexity index is 703. The van der Waals surface area contributed by atoms with Crippen molar-refractivity contribution in [1.29, 1.82) is 0 Å². The van der Waals surface area contributed by atoms with Crippen LogP contribution >= 0.6 is 23.8 Å². The van der Waals surface area contributed by atoms with Gasteiger partial charge in [0.15, 0.2) is 4.77 Å². The van der Waals surface area contributed by atoms with Crippen LogP contribution in [0.4, 0.5) is 0 Å². The monoisotopic (exact) mass is 280 g/mol. The van der Waals surface area contributed by atoms with Gasteiger partial charge in [-0.25, -0.2) is 0 Å². The molecule has 0 aliphatic rings. The molecular formula is C13H13ClN2OS. The topological polar surface area (TPSA) is 26.9 Å². The average molecular weight is 281 g/mol. The molecule has 0 fully saturated rings. The van der Waals surface area contributed by atoms with Gasteiger partial charge in [0.05, 0.1) is 5.69 Å². The van der Waals surface area contributed by atoms with E-state index in [0.29, 0.717) is 9.79 Å². The lowest BCUT2D eigenvalue weighted by molar-refractivity contribution is 0.685. The summed E-state index contributed by atoms with van der Waals surface area (Å²) in [5.74, 6) is 0. The fourth-order valence-electron chi connectivity index (χ4n) is 1.85. The van der Waals surface area contributed by atoms with E-state index in [0.717, 1.165) is 17.8 Å². The molecule has 0 bridgehead atoms. The van der Waals surface area contributed by atoms with Crippen LogP contribution in [0.25, 0.3) is 5.69 Å². The molecule has 94 valence electrons. The molecule has 0 N–H and O–H groups in total. The number of aromatic nitrogens is 2. The molecule has 0 spiro atoms. The van der Waals surface area contributed by atoms with Crippen molar-refractivity contribution in [3.05, 3.63) is 56.2 Å². The largest absolute Gasteiger partial charge is 0.325 e. The smallest absolute Gasteiger partial charge is 0.258 e. The number of nitrogens with zero attached hydrogens (tertiary/aromatic N) is 2. The molecule has 1 aromatic heterocycles. The highest BCUT2D eigenvalue weighted by atomic mass is 35.5. The minimum absolute atomic E-state index is 0.130. The van der Waals surface area contributed by atoms with Gasteiger partial charge in [-0.3, -0.25) is 9.36 Å². The molecule has 5 heteroatoms. The second-order valence-corrected chi connectivity index (χ2v) is 4.79. The van der Waals surface area contributed by atoms with Crippen molar-refractivity contribution >= 4 is 23.8 Å². The lowest BCUT2D eigenvalue weighted by atomic mass is 10.2. The van der Waals surface area contributed by atoms with Crippen molar-refractivity contribution < 1.29 is 0 Å². The van der Waals surface area contributed by atoms with E-state index in [4.69, 9.17) is 23.8 Å². The van der Waals surface area contributed by atoms with Crippen LogP contribution in [0, 0.1) is 11.7 Å². The summed E-state index contributed by atoms with van der Waals surface area (Å²) in [6, 6.07) is 6.91. The van der Waals surface area contributed by atoms with Gasteiger partial charge in [0.25, 0.3) is 5.56 Å². The maximum Gasteiger partial charge on any atom is 0.258 e. The van der Waals surface area contributed by atoms with E-state index in [1.54, 1.807) is 12.3 Å². The van der Waals surface area contributed by atoms with E-state index in [9.17, 15) is 4.79 Å². The van der Waals surface area contributed by atoms with Gasteiger partial charge in [0.1, 0.15) is 0 Å². The van der Waals surface area contributed by atoms with Crippen LogP contribution in [0.15, 0.2) is 35.3 Å². The fraction of sp³-hybridized carbons (Fsp3) is 0.231. The third-order valence-electron chi connectivity index (χ3n) is 2.79. The highest BCUT2D eigenvalue weighted by Gasteiger charge is 2.07. The molecule has 0 saturated carbocycles. The minimum atomic E-state index is -0.130. The zero-order valence-corrected chi connectivity index (χ0v) is 11.8. The summed E-state index contributed by atoms with van der Waals surface area (Å²) >= 11 is 11.3. The van der Waals surface area contributed by atoms with Crippen LogP contribution in [0.2, 0.25) is 5.02 Å². The summed E-state index contributed by atoms with van der Waals surface area (Å²) in [5.41, 5.74) is 1.57. The van der Waals surface area contributed by atoms with Crippen molar-refractivity contribution in [2.24, 2.45) is 0 Å². The number of rotatable bonds is 2. The van der Waals surface area contributed by atoms with Crippen molar-refractivity contribution in [3.8, 4) is 5.69 Å². The van der Waals surface area contributed by atoms with Gasteiger partial charge in [-0.1, -0.05) is 11.6 Å². The maximum atomic E-state index is 12.0. The van der Waals surface area contributed by atoms with Gasteiger partial charge in [-0.05, 0) is 49.8 Å². The zero-order valence-electron chi connectivity index (χ0n) is 10.2. The van der Waals surface area contributed by atoms with Gasteiger partial charge in [-0.15, -0.1) is 0 Å². The molecule has 0 atom stereocenters. The third-order valence-corrected chi connectivity index (χ3v) is 3.45. The first-order valence-corrected chi connectivity index (χ1v) is 6.42. The highest BCUT2D eigenvalue weighted by Crippen LogP contribution is 2.18. The number of benzene rings is 1. The molecule has 0 aliphatic carbocycles. The van der Waals surface area contributed by atoms with E-state index in [1.807, 2.05) is 30.5 Å². The fourth-order valence-corrected chi connectivity index (χ4v) is 2.45. The summed E-state index contributed by atoms with van der Waals surface area (Å²) in [4.78, 5) is 12.0. The first-order valence-electron chi connectivity index (χ1n) is 5.63. The van der Waals surface area contributed by atoms with Crippen LogP contribution in [0.5, 0.6) is 0 Å². The summed E-state index contributed by atoms with van der Waals surface area (Å²) in [7, 11) is 0. The first kappa shape index (κ1) is 13.1. The normalized spacial score (nSPS) is 10.6. The van der Waals surface area contributed by atoms with Crippen molar-refractivity contribution in [1.82, 2.24) is 9.13 Å². The summed E-state index contributed by atoms with van der Waals surface area (Å²) < 4.78 is 3.88. The summed E-state index contributed by atoms with van der Waals surface area (Å²) in [6.45, 7) is 4.62. The van der Waals surface area contributed by atoms with Gasteiger partial charge in [-0.2, -0.15) is 0 Å². The molecule has 0 unspecified atom stereocenters. The van der Waals surface area contributed by atoms with Gasteiger partial charge < -0.3 is 4.57 Å². The Hall–Kier alpha value is -1.39. The third kappa shape index (κ3) is 2.26. The Morgan fingerprint density at radius 3 is 2.67 bits per heavy atom. The van der Waals surface area contributed by atoms with Gasteiger partial charge in [0.2, 0.25) is 0 Å². The predicted molar refractivity (Wildman–Crippen MR) is 76.3 cm³/mol. The number of aryl methyl sites for hydroxylation is 2. The number of hydrogen-bond donors (Lipinski definition) is 0. The van der Waals surface area contributed by atoms with E-state index in [1.165, 1.54) is 10.6 Å². The summed E-state index contributed by atoms with van der Waals surface area (Å²) in [5, 5.41) is 0.648. The predicted octanol–water partition coefficient (Wildman–Crippen LogP) is 3.35. The zero-order chi connectivity index (χ0) is 13.3. The Balaban J connectivity index is 2.79. The Kier molecular flexibility index (Phi) is 3.68. The molecule has 1 heterocycles. The van der Waals surface area contributed by atoms with Crippen LogP contribution in [-0.4, -0.2) is 9.13 Å². The second-order valence-electron chi connectivity index (χ2n) is 3.99. The molecule has 0 amide bonds. The van der Waals surface area contributed by atoms with Crippen molar-refractivity contribution in [2.45, 2.75) is 20.4 Å². The van der Waals surface area contributed by atoms with E-state index in [2.05, 4.69) is 0 Å². The highest BCUT2D eigenvalue weighted by molar-refractivity contribution is 7.71. The van der Waals surface area contributed by atoms with Crippen LogP contribution in [-0.2, 0) is 6.54 Å². The molecule has 18 heavy (non-hydrogen) atoms. The summed E-state index contributed by atoms with van der Waals surface area (Å²) in [6.07, 6.45) is 1.71. The molecule has 0 radical (unpaired) electrons. The molecule has 2 rings (SSSR count). The van der Waals surface area contributed by atoms with Crippen LogP contribution < -0.4 is 5.56 Å². The molecule has 1 aromatic carbocycles. The van der Waals surface area contributed by atoms with E-state index < -0.39 is 0 Å². The number of hydrogen-bond acceptors (Lipinski definition) is 2. The molecule has 3 nitrogen and oxygen atoms in total. The molecule has 0 aliphatic heterocycles. The van der Waals surface area contributed by atoms with Gasteiger partial charge >= 0.3 is 0 Å². The molecular weight excluding hydrogens is 268 g/mol. The van der Waals surface area contributed by atoms with E-state index >= 15 is 0 Å². The SMILES string of the molecule is CCn1ccc(=O)n(-c2ccc(Cl)cc2C)c1=S. The minimum Gasteiger partial charge on any atom is -0.325 e. The Labute approximate surface area is 115 Å². The Morgan fingerprint density at radius 1 is 1.33 bits per heavy atom. The standard InChI is InChI=1S/C13H13ClN2OS/c1-3-15-7-6-12(17)16(13(15)18)11-5-4-10(14)8-9(11)2/h4-8H,3H2,1-2H3. The first-order chi connectivity index (χ1) is 8.54. The molecule has 2 aromatic rings.